The van der Waals surface area contributed by atoms with Crippen LogP contribution >= 0.6 is 0 Å². The normalized spacial score (nSPS) is 10.3. The van der Waals surface area contributed by atoms with E-state index in [2.05, 4.69) is 17.3 Å². The summed E-state index contributed by atoms with van der Waals surface area (Å²) in [5.74, 6) is 1.90. The van der Waals surface area contributed by atoms with E-state index in [-0.39, 0.29) is 0 Å². The number of anilines is 1. The van der Waals surface area contributed by atoms with Gasteiger partial charge in [-0.05, 0) is 24.6 Å². The summed E-state index contributed by atoms with van der Waals surface area (Å²) in [5.41, 5.74) is 2.01. The molecule has 0 saturated heterocycles. The number of hydrogen-bond acceptors (Lipinski definition) is 5. The van der Waals surface area contributed by atoms with E-state index in [0.717, 1.165) is 17.8 Å². The van der Waals surface area contributed by atoms with E-state index in [9.17, 15) is 0 Å². The lowest BCUT2D eigenvalue weighted by Gasteiger charge is -2.14. The van der Waals surface area contributed by atoms with Crippen LogP contribution in [0.3, 0.4) is 0 Å². The molecule has 0 saturated carbocycles. The largest absolute Gasteiger partial charge is 0.493 e. The predicted molar refractivity (Wildman–Crippen MR) is 81.3 cm³/mol. The molecule has 2 aromatic rings. The maximum absolute atomic E-state index is 5.34. The Morgan fingerprint density at radius 2 is 1.76 bits per heavy atom. The van der Waals surface area contributed by atoms with Crippen LogP contribution < -0.4 is 19.5 Å². The van der Waals surface area contributed by atoms with Gasteiger partial charge in [0.2, 0.25) is 5.75 Å². The molecule has 0 aliphatic heterocycles. The third-order valence-corrected chi connectivity index (χ3v) is 3.18. The first kappa shape index (κ1) is 15.0. The molecule has 0 radical (unpaired) electrons. The number of hydrogen-bond donors (Lipinski definition) is 1. The van der Waals surface area contributed by atoms with Crippen molar-refractivity contribution >= 4 is 5.69 Å². The van der Waals surface area contributed by atoms with Crippen LogP contribution in [0.2, 0.25) is 0 Å². The number of aromatic nitrogens is 2. The van der Waals surface area contributed by atoms with Crippen molar-refractivity contribution in [1.82, 2.24) is 9.78 Å². The monoisotopic (exact) mass is 291 g/mol. The van der Waals surface area contributed by atoms with Crippen LogP contribution in [-0.2, 0) is 13.1 Å². The average molecular weight is 291 g/mol. The summed E-state index contributed by atoms with van der Waals surface area (Å²) in [6.45, 7) is 3.55. The molecule has 0 spiro atoms. The minimum Gasteiger partial charge on any atom is -0.493 e. The first-order valence-electron chi connectivity index (χ1n) is 6.77. The Bertz CT molecular complexity index is 571. The first-order chi connectivity index (χ1) is 10.2. The van der Waals surface area contributed by atoms with Gasteiger partial charge in [-0.25, -0.2) is 0 Å². The number of ether oxygens (including phenoxy) is 3. The van der Waals surface area contributed by atoms with Crippen LogP contribution in [0.25, 0.3) is 0 Å². The molecule has 114 valence electrons. The van der Waals surface area contributed by atoms with Gasteiger partial charge in [0.15, 0.2) is 11.5 Å². The highest BCUT2D eigenvalue weighted by Gasteiger charge is 2.13. The van der Waals surface area contributed by atoms with E-state index in [1.807, 2.05) is 29.2 Å². The van der Waals surface area contributed by atoms with Crippen LogP contribution in [0.1, 0.15) is 12.5 Å². The fraction of sp³-hybridized carbons (Fsp3) is 0.400. The molecule has 1 aromatic carbocycles. The average Bonchev–Trinajstić information content (AvgIpc) is 2.99. The van der Waals surface area contributed by atoms with E-state index in [1.165, 1.54) is 0 Å². The Morgan fingerprint density at radius 1 is 1.10 bits per heavy atom. The van der Waals surface area contributed by atoms with Crippen molar-refractivity contribution in [2.45, 2.75) is 20.0 Å². The topological polar surface area (TPSA) is 57.5 Å². The zero-order valence-electron chi connectivity index (χ0n) is 12.8. The summed E-state index contributed by atoms with van der Waals surface area (Å²) >= 11 is 0. The molecular weight excluding hydrogens is 270 g/mol. The molecule has 0 fully saturated rings. The zero-order chi connectivity index (χ0) is 15.2. The molecule has 1 N–H and O–H groups in total. The molecule has 1 aromatic heterocycles. The highest BCUT2D eigenvalue weighted by molar-refractivity contribution is 5.54. The lowest BCUT2D eigenvalue weighted by Crippen LogP contribution is -2.02. The second-order valence-electron chi connectivity index (χ2n) is 4.47. The van der Waals surface area contributed by atoms with Gasteiger partial charge in [0.05, 0.1) is 33.2 Å². The van der Waals surface area contributed by atoms with Gasteiger partial charge >= 0.3 is 0 Å². The van der Waals surface area contributed by atoms with Gasteiger partial charge in [0.25, 0.3) is 0 Å². The molecule has 21 heavy (non-hydrogen) atoms. The summed E-state index contributed by atoms with van der Waals surface area (Å²) in [4.78, 5) is 0. The summed E-state index contributed by atoms with van der Waals surface area (Å²) in [5, 5.41) is 7.55. The molecule has 0 aliphatic rings. The number of nitrogens with zero attached hydrogens (tertiary/aromatic N) is 2. The third kappa shape index (κ3) is 3.39. The Kier molecular flexibility index (Phi) is 4.92. The molecule has 6 nitrogen and oxygen atoms in total. The van der Waals surface area contributed by atoms with E-state index < -0.39 is 0 Å². The van der Waals surface area contributed by atoms with Crippen molar-refractivity contribution in [2.75, 3.05) is 26.6 Å². The van der Waals surface area contributed by atoms with Gasteiger partial charge in [-0.1, -0.05) is 0 Å². The van der Waals surface area contributed by atoms with Crippen molar-refractivity contribution in [3.63, 3.8) is 0 Å². The number of methoxy groups -OCH3 is 3. The van der Waals surface area contributed by atoms with E-state index in [0.29, 0.717) is 23.8 Å². The standard InChI is InChI=1S/C15H21N3O3/c1-5-18-10-12(9-17-18)16-8-11-6-13(19-2)15(21-4)14(7-11)20-3/h6-7,9-10,16H,5,8H2,1-4H3. The van der Waals surface area contributed by atoms with Crippen LogP contribution in [-0.4, -0.2) is 31.1 Å². The van der Waals surface area contributed by atoms with Crippen LogP contribution in [0, 0.1) is 0 Å². The van der Waals surface area contributed by atoms with Gasteiger partial charge in [-0.2, -0.15) is 5.10 Å². The van der Waals surface area contributed by atoms with E-state index in [1.54, 1.807) is 21.3 Å². The Labute approximate surface area is 124 Å². The second kappa shape index (κ2) is 6.88. The van der Waals surface area contributed by atoms with Crippen LogP contribution in [0.5, 0.6) is 17.2 Å². The molecule has 6 heteroatoms. The first-order valence-corrected chi connectivity index (χ1v) is 6.77. The molecule has 2 rings (SSSR count). The highest BCUT2D eigenvalue weighted by atomic mass is 16.5. The molecule has 0 amide bonds. The van der Waals surface area contributed by atoms with Crippen molar-refractivity contribution in [1.29, 1.82) is 0 Å². The van der Waals surface area contributed by atoms with Crippen LogP contribution in [0.15, 0.2) is 24.5 Å². The number of aryl methyl sites for hydroxylation is 1. The Hall–Kier alpha value is -2.37. The van der Waals surface area contributed by atoms with E-state index in [4.69, 9.17) is 14.2 Å². The van der Waals surface area contributed by atoms with Gasteiger partial charge in [-0.3, -0.25) is 4.68 Å². The van der Waals surface area contributed by atoms with Crippen molar-refractivity contribution < 1.29 is 14.2 Å². The van der Waals surface area contributed by atoms with Crippen LogP contribution in [0.4, 0.5) is 5.69 Å². The minimum absolute atomic E-state index is 0.600. The lowest BCUT2D eigenvalue weighted by molar-refractivity contribution is 0.324. The Morgan fingerprint density at radius 3 is 2.24 bits per heavy atom. The number of rotatable bonds is 7. The van der Waals surface area contributed by atoms with Gasteiger partial charge in [0.1, 0.15) is 0 Å². The summed E-state index contributed by atoms with van der Waals surface area (Å²) in [6.07, 6.45) is 3.78. The maximum atomic E-state index is 5.34. The van der Waals surface area contributed by atoms with Gasteiger partial charge < -0.3 is 19.5 Å². The summed E-state index contributed by atoms with van der Waals surface area (Å²) < 4.78 is 17.9. The van der Waals surface area contributed by atoms with E-state index >= 15 is 0 Å². The zero-order valence-corrected chi connectivity index (χ0v) is 12.8. The molecule has 0 bridgehead atoms. The summed E-state index contributed by atoms with van der Waals surface area (Å²) in [6, 6.07) is 3.86. The van der Waals surface area contributed by atoms with Gasteiger partial charge in [0, 0.05) is 19.3 Å². The SMILES string of the molecule is CCn1cc(NCc2cc(OC)c(OC)c(OC)c2)cn1. The molecule has 0 atom stereocenters. The van der Waals surface area contributed by atoms with Crippen molar-refractivity contribution in [3.8, 4) is 17.2 Å². The van der Waals surface area contributed by atoms with Gasteiger partial charge in [-0.15, -0.1) is 0 Å². The third-order valence-electron chi connectivity index (χ3n) is 3.18. The smallest absolute Gasteiger partial charge is 0.203 e. The predicted octanol–water partition coefficient (Wildman–Crippen LogP) is 2.54. The molecular formula is C15H21N3O3. The van der Waals surface area contributed by atoms with Crippen molar-refractivity contribution in [2.24, 2.45) is 0 Å². The van der Waals surface area contributed by atoms with Crippen molar-refractivity contribution in [3.05, 3.63) is 30.1 Å². The number of benzene rings is 1. The highest BCUT2D eigenvalue weighted by Crippen LogP contribution is 2.38. The molecule has 0 aliphatic carbocycles. The fourth-order valence-electron chi connectivity index (χ4n) is 2.07. The number of nitrogens with one attached hydrogen (secondary N) is 1. The maximum Gasteiger partial charge on any atom is 0.203 e. The fourth-order valence-corrected chi connectivity index (χ4v) is 2.07. The molecule has 0 unspecified atom stereocenters. The lowest BCUT2D eigenvalue weighted by atomic mass is 10.1. The molecule has 1 heterocycles. The second-order valence-corrected chi connectivity index (χ2v) is 4.47. The minimum atomic E-state index is 0.600. The Balaban J connectivity index is 2.15. The summed E-state index contributed by atoms with van der Waals surface area (Å²) in [7, 11) is 4.82. The quantitative estimate of drug-likeness (QED) is 0.849.